The number of rotatable bonds is 7. The molecule has 1 rings (SSSR count). The molecule has 1 aromatic rings. The first-order chi connectivity index (χ1) is 12.0. The number of aliphatic imine (C=N–C) groups is 1. The number of benzene rings is 1. The molecule has 0 radical (unpaired) electrons. The van der Waals surface area contributed by atoms with E-state index < -0.39 is 30.0 Å². The minimum atomic E-state index is -4.73. The van der Waals surface area contributed by atoms with Crippen LogP contribution < -0.4 is 5.32 Å². The standard InChI is InChI=1S/C17H16F6N2O/c1-3-24-15(17(21,22)23)7-4-12-10-13(16(18,19)20)5-6-14(12)25-11(2)8-9-26/h3,5-7,9-10,25H,2,4,8H2,1H3/b15-7-,24-3?. The van der Waals surface area contributed by atoms with Crippen molar-refractivity contribution < 1.29 is 31.1 Å². The average Bonchev–Trinajstić information content (AvgIpc) is 2.50. The van der Waals surface area contributed by atoms with Crippen molar-refractivity contribution in [3.8, 4) is 0 Å². The Morgan fingerprint density at radius 1 is 1.23 bits per heavy atom. The molecule has 0 saturated heterocycles. The van der Waals surface area contributed by atoms with Gasteiger partial charge in [0.25, 0.3) is 0 Å². The third-order valence-electron chi connectivity index (χ3n) is 3.15. The van der Waals surface area contributed by atoms with Crippen LogP contribution in [-0.4, -0.2) is 18.7 Å². The van der Waals surface area contributed by atoms with Crippen LogP contribution in [0, 0.1) is 0 Å². The quantitative estimate of drug-likeness (QED) is 0.397. The molecule has 0 saturated carbocycles. The average molecular weight is 378 g/mol. The zero-order valence-corrected chi connectivity index (χ0v) is 13.7. The summed E-state index contributed by atoms with van der Waals surface area (Å²) in [5.74, 6) is 0. The maximum atomic E-state index is 12.9. The summed E-state index contributed by atoms with van der Waals surface area (Å²) in [6.45, 7) is 4.82. The largest absolute Gasteiger partial charge is 0.433 e. The molecule has 3 nitrogen and oxygen atoms in total. The van der Waals surface area contributed by atoms with Gasteiger partial charge in [-0.05, 0) is 43.2 Å². The number of carbonyl (C=O) groups is 1. The number of nitrogens with one attached hydrogen (secondary N) is 1. The van der Waals surface area contributed by atoms with E-state index in [0.717, 1.165) is 24.4 Å². The molecule has 0 aromatic heterocycles. The molecule has 0 atom stereocenters. The number of alkyl halides is 6. The highest BCUT2D eigenvalue weighted by molar-refractivity contribution is 5.62. The number of hydrogen-bond donors (Lipinski definition) is 1. The molecule has 0 heterocycles. The smallest absolute Gasteiger partial charge is 0.359 e. The Morgan fingerprint density at radius 2 is 1.88 bits per heavy atom. The van der Waals surface area contributed by atoms with E-state index in [1.54, 1.807) is 0 Å². The maximum Gasteiger partial charge on any atom is 0.433 e. The molecule has 9 heteroatoms. The molecule has 0 unspecified atom stereocenters. The summed E-state index contributed by atoms with van der Waals surface area (Å²) in [4.78, 5) is 13.7. The van der Waals surface area contributed by atoms with Crippen LogP contribution in [0.15, 0.2) is 47.2 Å². The third kappa shape index (κ3) is 6.38. The van der Waals surface area contributed by atoms with Crippen LogP contribution in [0.1, 0.15) is 24.5 Å². The van der Waals surface area contributed by atoms with Gasteiger partial charge < -0.3 is 10.1 Å². The van der Waals surface area contributed by atoms with Gasteiger partial charge in [-0.15, -0.1) is 0 Å². The molecular formula is C17H16F6N2O. The molecule has 0 bridgehead atoms. The number of anilines is 1. The Hall–Kier alpha value is -2.58. The molecule has 1 N–H and O–H groups in total. The topological polar surface area (TPSA) is 41.5 Å². The van der Waals surface area contributed by atoms with Gasteiger partial charge in [-0.1, -0.05) is 6.58 Å². The van der Waals surface area contributed by atoms with E-state index in [-0.39, 0.29) is 23.4 Å². The van der Waals surface area contributed by atoms with Crippen LogP contribution in [-0.2, 0) is 17.4 Å². The molecule has 0 spiro atoms. The minimum absolute atomic E-state index is 0.0417. The van der Waals surface area contributed by atoms with E-state index in [1.165, 1.54) is 6.92 Å². The summed E-state index contributed by atoms with van der Waals surface area (Å²) >= 11 is 0. The zero-order chi connectivity index (χ0) is 20.0. The molecule has 0 amide bonds. The Labute approximate surface area is 146 Å². The fraction of sp³-hybridized carbons (Fsp3) is 0.294. The first-order valence-corrected chi connectivity index (χ1v) is 7.33. The monoisotopic (exact) mass is 378 g/mol. The molecule has 0 fully saturated rings. The Morgan fingerprint density at radius 3 is 2.38 bits per heavy atom. The van der Waals surface area contributed by atoms with Gasteiger partial charge in [-0.3, -0.25) is 4.99 Å². The summed E-state index contributed by atoms with van der Waals surface area (Å²) in [6, 6.07) is 2.62. The van der Waals surface area contributed by atoms with Gasteiger partial charge in [0.05, 0.1) is 5.56 Å². The number of allylic oxidation sites excluding steroid dienone is 3. The molecular weight excluding hydrogens is 362 g/mol. The van der Waals surface area contributed by atoms with Crippen LogP contribution in [0.5, 0.6) is 0 Å². The van der Waals surface area contributed by atoms with Crippen molar-refractivity contribution in [1.82, 2.24) is 0 Å². The van der Waals surface area contributed by atoms with Crippen molar-refractivity contribution in [2.75, 3.05) is 5.32 Å². The van der Waals surface area contributed by atoms with E-state index in [1.807, 2.05) is 0 Å². The van der Waals surface area contributed by atoms with Crippen LogP contribution in [0.4, 0.5) is 32.0 Å². The predicted octanol–water partition coefficient (Wildman–Crippen LogP) is 5.30. The first kappa shape index (κ1) is 21.5. The molecule has 142 valence electrons. The van der Waals surface area contributed by atoms with E-state index in [4.69, 9.17) is 0 Å². The lowest BCUT2D eigenvalue weighted by molar-refractivity contribution is -0.137. The highest BCUT2D eigenvalue weighted by Crippen LogP contribution is 2.33. The maximum absolute atomic E-state index is 12.9. The van der Waals surface area contributed by atoms with Crippen molar-refractivity contribution in [3.63, 3.8) is 0 Å². The van der Waals surface area contributed by atoms with Crippen LogP contribution in [0.2, 0.25) is 0 Å². The van der Waals surface area contributed by atoms with Gasteiger partial charge in [-0.25, -0.2) is 0 Å². The minimum Gasteiger partial charge on any atom is -0.359 e. The number of nitrogens with zero attached hydrogens (tertiary/aromatic N) is 1. The SMILES string of the molecule is C=C(CC=O)Nc1ccc(C(F)(F)F)cc1C/C=C(\N=CC)C(F)(F)F. The van der Waals surface area contributed by atoms with Crippen LogP contribution in [0.25, 0.3) is 0 Å². The number of carbonyl (C=O) groups excluding carboxylic acids is 1. The van der Waals surface area contributed by atoms with Gasteiger partial charge in [0.1, 0.15) is 12.0 Å². The van der Waals surface area contributed by atoms with Crippen LogP contribution >= 0.6 is 0 Å². The highest BCUT2D eigenvalue weighted by Gasteiger charge is 2.34. The lowest BCUT2D eigenvalue weighted by Gasteiger charge is -2.15. The lowest BCUT2D eigenvalue weighted by atomic mass is 10.0. The van der Waals surface area contributed by atoms with Crippen molar-refractivity contribution in [3.05, 3.63) is 53.4 Å². The van der Waals surface area contributed by atoms with Gasteiger partial charge >= 0.3 is 12.4 Å². The van der Waals surface area contributed by atoms with Crippen molar-refractivity contribution in [2.45, 2.75) is 32.1 Å². The zero-order valence-electron chi connectivity index (χ0n) is 13.7. The Balaban J connectivity index is 3.30. The van der Waals surface area contributed by atoms with Gasteiger partial charge in [0.15, 0.2) is 0 Å². The Bertz CT molecular complexity index is 717. The van der Waals surface area contributed by atoms with Gasteiger partial charge in [0, 0.05) is 24.0 Å². The normalized spacial score (nSPS) is 13.1. The van der Waals surface area contributed by atoms with Crippen molar-refractivity contribution in [2.24, 2.45) is 4.99 Å². The Kier molecular flexibility index (Phi) is 7.17. The predicted molar refractivity (Wildman–Crippen MR) is 86.9 cm³/mol. The lowest BCUT2D eigenvalue weighted by Crippen LogP contribution is -2.11. The summed E-state index contributed by atoms with van der Waals surface area (Å²) < 4.78 is 77.2. The second kappa shape index (κ2) is 8.68. The molecule has 0 aliphatic heterocycles. The van der Waals surface area contributed by atoms with Crippen LogP contribution in [0.3, 0.4) is 0 Å². The molecule has 0 aliphatic rings. The highest BCUT2D eigenvalue weighted by atomic mass is 19.4. The summed E-state index contributed by atoms with van der Waals surface area (Å²) in [5.41, 5.74) is -1.93. The summed E-state index contributed by atoms with van der Waals surface area (Å²) in [6.07, 6.45) is -7.75. The van der Waals surface area contributed by atoms with Crippen molar-refractivity contribution in [1.29, 1.82) is 0 Å². The van der Waals surface area contributed by atoms with E-state index in [9.17, 15) is 31.1 Å². The first-order valence-electron chi connectivity index (χ1n) is 7.33. The van der Waals surface area contributed by atoms with Crippen molar-refractivity contribution >= 4 is 18.2 Å². The van der Waals surface area contributed by atoms with E-state index in [2.05, 4.69) is 16.9 Å². The second-order valence-corrected chi connectivity index (χ2v) is 5.15. The molecule has 26 heavy (non-hydrogen) atoms. The van der Waals surface area contributed by atoms with Gasteiger partial charge in [0.2, 0.25) is 0 Å². The number of halogens is 6. The molecule has 0 aliphatic carbocycles. The van der Waals surface area contributed by atoms with Gasteiger partial charge in [-0.2, -0.15) is 26.3 Å². The summed E-state index contributed by atoms with van der Waals surface area (Å²) in [7, 11) is 0. The number of aldehydes is 1. The summed E-state index contributed by atoms with van der Waals surface area (Å²) in [5, 5.41) is 2.64. The van der Waals surface area contributed by atoms with E-state index in [0.29, 0.717) is 12.4 Å². The fourth-order valence-corrected chi connectivity index (χ4v) is 1.99. The fourth-order valence-electron chi connectivity index (χ4n) is 1.99. The van der Waals surface area contributed by atoms with E-state index >= 15 is 0 Å². The molecule has 1 aromatic carbocycles. The number of hydrogen-bond acceptors (Lipinski definition) is 3. The third-order valence-corrected chi connectivity index (χ3v) is 3.15. The second-order valence-electron chi connectivity index (χ2n) is 5.15.